The lowest BCUT2D eigenvalue weighted by atomic mass is 10.2. The minimum atomic E-state index is -0.224. The van der Waals surface area contributed by atoms with Crippen LogP contribution in [0.1, 0.15) is 30.8 Å². The van der Waals surface area contributed by atoms with Crippen LogP contribution in [-0.2, 0) is 6.54 Å². The van der Waals surface area contributed by atoms with E-state index in [1.807, 2.05) is 30.6 Å². The van der Waals surface area contributed by atoms with Gasteiger partial charge < -0.3 is 15.6 Å². The molecule has 0 bridgehead atoms. The van der Waals surface area contributed by atoms with Gasteiger partial charge in [-0.1, -0.05) is 24.8 Å². The molecule has 0 radical (unpaired) electrons. The second-order valence-corrected chi connectivity index (χ2v) is 6.67. The van der Waals surface area contributed by atoms with Crippen molar-refractivity contribution in [2.24, 2.45) is 5.73 Å². The Labute approximate surface area is 158 Å². The van der Waals surface area contributed by atoms with E-state index in [-0.39, 0.29) is 5.82 Å². The quantitative estimate of drug-likeness (QED) is 0.644. The van der Waals surface area contributed by atoms with Crippen molar-refractivity contribution in [3.05, 3.63) is 71.7 Å². The maximum absolute atomic E-state index is 13.1. The molecule has 0 aliphatic carbocycles. The number of aromatic nitrogens is 2. The summed E-state index contributed by atoms with van der Waals surface area (Å²) in [6.45, 7) is 9.07. The fraction of sp³-hybridized carbons (Fsp3) is 0.250. The third kappa shape index (κ3) is 5.34. The molecule has 2 rings (SSSR count). The number of nitrogens with one attached hydrogen (secondary N) is 1. The van der Waals surface area contributed by atoms with E-state index in [1.54, 1.807) is 36.3 Å². The van der Waals surface area contributed by atoms with Crippen LogP contribution in [0, 0.1) is 5.82 Å². The summed E-state index contributed by atoms with van der Waals surface area (Å²) in [6.07, 6.45) is 7.61. The van der Waals surface area contributed by atoms with Crippen LogP contribution in [0.15, 0.2) is 48.9 Å². The van der Waals surface area contributed by atoms with E-state index in [2.05, 4.69) is 16.9 Å². The number of halogens is 1. The van der Waals surface area contributed by atoms with Gasteiger partial charge in [-0.05, 0) is 43.7 Å². The van der Waals surface area contributed by atoms with E-state index in [9.17, 15) is 4.39 Å². The molecule has 1 heterocycles. The number of imidazole rings is 1. The molecular formula is C20H25FN4S. The molecule has 1 aromatic carbocycles. The number of hydrogen-bond donors (Lipinski definition) is 2. The third-order valence-corrected chi connectivity index (χ3v) is 4.87. The van der Waals surface area contributed by atoms with E-state index >= 15 is 0 Å². The molecule has 138 valence electrons. The van der Waals surface area contributed by atoms with Crippen molar-refractivity contribution in [2.45, 2.75) is 20.4 Å². The van der Waals surface area contributed by atoms with Crippen molar-refractivity contribution in [1.82, 2.24) is 14.9 Å². The van der Waals surface area contributed by atoms with Crippen molar-refractivity contribution < 1.29 is 4.39 Å². The summed E-state index contributed by atoms with van der Waals surface area (Å²) < 4.78 is 15.1. The SMILES string of the molecule is C=Cc1ncn(CCN)c1/C=C(\C)NCS/C(=C\C)c1ccc(F)cc1. The van der Waals surface area contributed by atoms with Crippen molar-refractivity contribution in [1.29, 1.82) is 0 Å². The minimum Gasteiger partial charge on any atom is -0.379 e. The van der Waals surface area contributed by atoms with Crippen molar-refractivity contribution in [3.8, 4) is 0 Å². The second kappa shape index (κ2) is 9.99. The van der Waals surface area contributed by atoms with Gasteiger partial charge in [-0.15, -0.1) is 11.8 Å². The Hall–Kier alpha value is -2.31. The number of hydrogen-bond acceptors (Lipinski definition) is 4. The molecular weight excluding hydrogens is 347 g/mol. The molecule has 0 atom stereocenters. The second-order valence-electron chi connectivity index (χ2n) is 5.65. The van der Waals surface area contributed by atoms with Crippen molar-refractivity contribution in [3.63, 3.8) is 0 Å². The summed E-state index contributed by atoms with van der Waals surface area (Å²) in [5.74, 6) is 0.478. The third-order valence-electron chi connectivity index (χ3n) is 3.79. The van der Waals surface area contributed by atoms with Gasteiger partial charge in [0.15, 0.2) is 0 Å². The summed E-state index contributed by atoms with van der Waals surface area (Å²) in [6, 6.07) is 6.55. The smallest absolute Gasteiger partial charge is 0.123 e. The van der Waals surface area contributed by atoms with Crippen LogP contribution in [-0.4, -0.2) is 22.0 Å². The van der Waals surface area contributed by atoms with Crippen LogP contribution in [0.2, 0.25) is 0 Å². The first kappa shape index (κ1) is 20.0. The van der Waals surface area contributed by atoms with Gasteiger partial charge in [0.25, 0.3) is 0 Å². The molecule has 0 aliphatic rings. The molecule has 0 unspecified atom stereocenters. The van der Waals surface area contributed by atoms with E-state index in [0.717, 1.165) is 27.6 Å². The normalized spacial score (nSPS) is 12.3. The van der Waals surface area contributed by atoms with Gasteiger partial charge in [0.2, 0.25) is 0 Å². The highest BCUT2D eigenvalue weighted by Gasteiger charge is 2.06. The Morgan fingerprint density at radius 1 is 1.38 bits per heavy atom. The monoisotopic (exact) mass is 372 g/mol. The highest BCUT2D eigenvalue weighted by atomic mass is 32.2. The zero-order chi connectivity index (χ0) is 18.9. The zero-order valence-corrected chi connectivity index (χ0v) is 16.0. The zero-order valence-electron chi connectivity index (χ0n) is 15.2. The van der Waals surface area contributed by atoms with Gasteiger partial charge >= 0.3 is 0 Å². The molecule has 0 saturated heterocycles. The standard InChI is InChI=1S/C20H25FN4S/c1-4-18-19(25(11-10-22)13-23-18)12-15(3)24-14-26-20(5-2)16-6-8-17(21)9-7-16/h4-9,12-13,24H,1,10-11,14,22H2,2-3H3/b15-12+,20-5-. The fourth-order valence-electron chi connectivity index (χ4n) is 2.47. The number of nitrogens with two attached hydrogens (primary N) is 1. The van der Waals surface area contributed by atoms with Crippen LogP contribution in [0.25, 0.3) is 17.1 Å². The van der Waals surface area contributed by atoms with E-state index in [1.165, 1.54) is 12.1 Å². The summed E-state index contributed by atoms with van der Waals surface area (Å²) in [7, 11) is 0. The number of thioether (sulfide) groups is 1. The van der Waals surface area contributed by atoms with Gasteiger partial charge in [-0.25, -0.2) is 9.37 Å². The molecule has 0 fully saturated rings. The van der Waals surface area contributed by atoms with Crippen LogP contribution >= 0.6 is 11.8 Å². The molecule has 2 aromatic rings. The molecule has 26 heavy (non-hydrogen) atoms. The lowest BCUT2D eigenvalue weighted by Gasteiger charge is -2.11. The number of allylic oxidation sites excluding steroid dienone is 2. The first-order valence-electron chi connectivity index (χ1n) is 8.44. The first-order chi connectivity index (χ1) is 12.6. The molecule has 6 heteroatoms. The average Bonchev–Trinajstić information content (AvgIpc) is 3.01. The predicted octanol–water partition coefficient (Wildman–Crippen LogP) is 4.33. The Morgan fingerprint density at radius 3 is 2.73 bits per heavy atom. The lowest BCUT2D eigenvalue weighted by Crippen LogP contribution is -2.12. The maximum Gasteiger partial charge on any atom is 0.123 e. The highest BCUT2D eigenvalue weighted by molar-refractivity contribution is 8.08. The van der Waals surface area contributed by atoms with Crippen molar-refractivity contribution >= 4 is 28.8 Å². The number of nitrogens with zero attached hydrogens (tertiary/aromatic N) is 2. The van der Waals surface area contributed by atoms with Gasteiger partial charge in [0, 0.05) is 23.7 Å². The minimum absolute atomic E-state index is 0.224. The van der Waals surface area contributed by atoms with Crippen LogP contribution < -0.4 is 11.1 Å². The topological polar surface area (TPSA) is 55.9 Å². The van der Waals surface area contributed by atoms with Gasteiger partial charge in [0.05, 0.1) is 23.6 Å². The largest absolute Gasteiger partial charge is 0.379 e. The summed E-state index contributed by atoms with van der Waals surface area (Å²) >= 11 is 1.67. The Kier molecular flexibility index (Phi) is 7.69. The molecule has 0 aliphatic heterocycles. The first-order valence-corrected chi connectivity index (χ1v) is 9.42. The molecule has 3 N–H and O–H groups in total. The maximum atomic E-state index is 13.1. The Balaban J connectivity index is 2.01. The Bertz CT molecular complexity index is 791. The molecule has 0 spiro atoms. The lowest BCUT2D eigenvalue weighted by molar-refractivity contribution is 0.627. The summed E-state index contributed by atoms with van der Waals surface area (Å²) in [4.78, 5) is 5.45. The van der Waals surface area contributed by atoms with E-state index < -0.39 is 0 Å². The molecule has 1 aromatic heterocycles. The molecule has 0 amide bonds. The summed E-state index contributed by atoms with van der Waals surface area (Å²) in [5.41, 5.74) is 9.53. The van der Waals surface area contributed by atoms with Gasteiger partial charge in [0.1, 0.15) is 5.82 Å². The number of benzene rings is 1. The van der Waals surface area contributed by atoms with E-state index in [4.69, 9.17) is 5.73 Å². The predicted molar refractivity (Wildman–Crippen MR) is 111 cm³/mol. The Morgan fingerprint density at radius 2 is 2.12 bits per heavy atom. The van der Waals surface area contributed by atoms with Crippen molar-refractivity contribution in [2.75, 3.05) is 12.4 Å². The fourth-order valence-corrected chi connectivity index (χ4v) is 3.39. The van der Waals surface area contributed by atoms with Crippen LogP contribution in [0.3, 0.4) is 0 Å². The highest BCUT2D eigenvalue weighted by Crippen LogP contribution is 2.27. The molecule has 4 nitrogen and oxygen atoms in total. The average molecular weight is 373 g/mol. The van der Waals surface area contributed by atoms with Crippen LogP contribution in [0.4, 0.5) is 4.39 Å². The van der Waals surface area contributed by atoms with E-state index in [0.29, 0.717) is 19.0 Å². The van der Waals surface area contributed by atoms with Gasteiger partial charge in [-0.3, -0.25) is 0 Å². The van der Waals surface area contributed by atoms with Crippen LogP contribution in [0.5, 0.6) is 0 Å². The van der Waals surface area contributed by atoms with Gasteiger partial charge in [-0.2, -0.15) is 0 Å². The molecule has 0 saturated carbocycles. The summed E-state index contributed by atoms with van der Waals surface area (Å²) in [5, 5.41) is 3.39. The number of rotatable bonds is 9.